The van der Waals surface area contributed by atoms with Crippen molar-refractivity contribution in [2.24, 2.45) is 0 Å². The molecule has 1 N–H and O–H groups in total. The van der Waals surface area contributed by atoms with Crippen LogP contribution in [0.25, 0.3) is 0 Å². The van der Waals surface area contributed by atoms with Crippen molar-refractivity contribution in [3.05, 3.63) is 38.7 Å². The minimum atomic E-state index is -0.177. The lowest BCUT2D eigenvalue weighted by atomic mass is 10.2. The van der Waals surface area contributed by atoms with Crippen LogP contribution >= 0.6 is 27.7 Å². The Labute approximate surface area is 129 Å². The maximum absolute atomic E-state index is 11.7. The lowest BCUT2D eigenvalue weighted by Gasteiger charge is -2.10. The monoisotopic (exact) mass is 357 g/mol. The van der Waals surface area contributed by atoms with E-state index >= 15 is 0 Å². The number of nitrogens with one attached hydrogen (secondary N) is 1. The van der Waals surface area contributed by atoms with Gasteiger partial charge in [0.1, 0.15) is 5.75 Å². The first-order valence-corrected chi connectivity index (χ1v) is 7.93. The van der Waals surface area contributed by atoms with Gasteiger partial charge >= 0.3 is 5.69 Å². The molecule has 0 unspecified atom stereocenters. The molecule has 0 amide bonds. The molecule has 5 nitrogen and oxygen atoms in total. The molecule has 1 aromatic carbocycles. The second-order valence-electron chi connectivity index (χ2n) is 4.52. The molecular formula is C13H16BrN3O2S. The zero-order valence-electron chi connectivity index (χ0n) is 11.5. The quantitative estimate of drug-likeness (QED) is 0.834. The Morgan fingerprint density at radius 2 is 2.25 bits per heavy atom. The highest BCUT2D eigenvalue weighted by Gasteiger charge is 2.13. The molecule has 0 radical (unpaired) electrons. The fourth-order valence-corrected chi connectivity index (χ4v) is 3.31. The highest BCUT2D eigenvalue weighted by molar-refractivity contribution is 9.10. The Bertz CT molecular complexity index is 651. The Hall–Kier alpha value is -1.21. The molecule has 2 rings (SSSR count). The van der Waals surface area contributed by atoms with Gasteiger partial charge in [-0.2, -0.15) is 0 Å². The molecular weight excluding hydrogens is 342 g/mol. The lowest BCUT2D eigenvalue weighted by molar-refractivity contribution is 0.411. The predicted molar refractivity (Wildman–Crippen MR) is 83.5 cm³/mol. The van der Waals surface area contributed by atoms with Crippen LogP contribution in [-0.4, -0.2) is 21.9 Å². The van der Waals surface area contributed by atoms with Crippen LogP contribution in [0.1, 0.15) is 25.5 Å². The Kier molecular flexibility index (Phi) is 4.93. The number of ether oxygens (including phenoxy) is 1. The third-order valence-electron chi connectivity index (χ3n) is 2.79. The van der Waals surface area contributed by atoms with Crippen molar-refractivity contribution in [2.45, 2.75) is 30.8 Å². The summed E-state index contributed by atoms with van der Waals surface area (Å²) < 4.78 is 7.99. The molecule has 0 aliphatic heterocycles. The lowest BCUT2D eigenvalue weighted by Crippen LogP contribution is -2.19. The van der Waals surface area contributed by atoms with E-state index in [-0.39, 0.29) is 11.7 Å². The largest absolute Gasteiger partial charge is 0.496 e. The van der Waals surface area contributed by atoms with Crippen molar-refractivity contribution in [1.82, 2.24) is 14.8 Å². The van der Waals surface area contributed by atoms with Crippen molar-refractivity contribution in [3.63, 3.8) is 0 Å². The smallest absolute Gasteiger partial charge is 0.344 e. The molecule has 1 aromatic heterocycles. The Morgan fingerprint density at radius 1 is 1.50 bits per heavy atom. The first-order chi connectivity index (χ1) is 9.52. The van der Waals surface area contributed by atoms with Crippen molar-refractivity contribution >= 4 is 27.7 Å². The summed E-state index contributed by atoms with van der Waals surface area (Å²) in [5.41, 5.74) is 0.876. The fourth-order valence-electron chi connectivity index (χ4n) is 1.85. The molecule has 1 heterocycles. The van der Waals surface area contributed by atoms with Gasteiger partial charge in [-0.05, 0) is 32.0 Å². The zero-order chi connectivity index (χ0) is 14.7. The van der Waals surface area contributed by atoms with Crippen LogP contribution in [0.5, 0.6) is 5.75 Å². The summed E-state index contributed by atoms with van der Waals surface area (Å²) in [5, 5.41) is 7.24. The third-order valence-corrected chi connectivity index (χ3v) is 4.28. The van der Waals surface area contributed by atoms with Gasteiger partial charge in [-0.25, -0.2) is 9.89 Å². The molecule has 0 spiro atoms. The van der Waals surface area contributed by atoms with Crippen LogP contribution in [0.15, 0.2) is 32.6 Å². The number of rotatable bonds is 5. The highest BCUT2D eigenvalue weighted by atomic mass is 79.9. The number of H-pyrrole nitrogens is 1. The number of hydrogen-bond acceptors (Lipinski definition) is 4. The number of nitrogens with zero attached hydrogens (tertiary/aromatic N) is 2. The first kappa shape index (κ1) is 15.2. The van der Waals surface area contributed by atoms with Crippen molar-refractivity contribution in [2.75, 3.05) is 7.11 Å². The average molecular weight is 358 g/mol. The van der Waals surface area contributed by atoms with E-state index in [4.69, 9.17) is 4.74 Å². The van der Waals surface area contributed by atoms with Gasteiger partial charge in [-0.1, -0.05) is 27.7 Å². The maximum atomic E-state index is 11.7. The predicted octanol–water partition coefficient (Wildman–Crippen LogP) is 3.22. The normalized spacial score (nSPS) is 11.1. The van der Waals surface area contributed by atoms with E-state index in [0.717, 1.165) is 15.8 Å². The van der Waals surface area contributed by atoms with Gasteiger partial charge in [0.15, 0.2) is 5.16 Å². The van der Waals surface area contributed by atoms with Gasteiger partial charge in [-0.15, -0.1) is 5.10 Å². The molecule has 0 aliphatic carbocycles. The standard InChI is InChI=1S/C13H16BrN3O2S/c1-8(2)17-12(18)15-16-13(17)20-7-9-6-10(14)4-5-11(9)19-3/h4-6,8H,7H2,1-3H3,(H,15,18). The molecule has 108 valence electrons. The van der Waals surface area contributed by atoms with Crippen LogP contribution in [0.2, 0.25) is 0 Å². The van der Waals surface area contributed by atoms with E-state index < -0.39 is 0 Å². The van der Waals surface area contributed by atoms with Gasteiger partial charge in [0.2, 0.25) is 0 Å². The summed E-state index contributed by atoms with van der Waals surface area (Å²) >= 11 is 4.96. The molecule has 0 fully saturated rings. The molecule has 0 bridgehead atoms. The van der Waals surface area contributed by atoms with Crippen molar-refractivity contribution < 1.29 is 4.74 Å². The number of methoxy groups -OCH3 is 1. The number of aromatic amines is 1. The maximum Gasteiger partial charge on any atom is 0.344 e. The van der Waals surface area contributed by atoms with Crippen LogP contribution < -0.4 is 10.4 Å². The van der Waals surface area contributed by atoms with Gasteiger partial charge in [-0.3, -0.25) is 4.57 Å². The van der Waals surface area contributed by atoms with Gasteiger partial charge < -0.3 is 4.74 Å². The van der Waals surface area contributed by atoms with E-state index in [0.29, 0.717) is 10.9 Å². The molecule has 7 heteroatoms. The first-order valence-electron chi connectivity index (χ1n) is 6.15. The Balaban J connectivity index is 2.21. The zero-order valence-corrected chi connectivity index (χ0v) is 13.9. The number of halogens is 1. The molecule has 0 aliphatic rings. The fraction of sp³-hybridized carbons (Fsp3) is 0.385. The minimum absolute atomic E-state index is 0.0770. The Morgan fingerprint density at radius 3 is 2.90 bits per heavy atom. The molecule has 2 aromatic rings. The van der Waals surface area contributed by atoms with Crippen molar-refractivity contribution in [1.29, 1.82) is 0 Å². The van der Waals surface area contributed by atoms with Gasteiger partial charge in [0.25, 0.3) is 0 Å². The number of benzene rings is 1. The summed E-state index contributed by atoms with van der Waals surface area (Å²) in [4.78, 5) is 11.7. The van der Waals surface area contributed by atoms with Crippen LogP contribution in [0, 0.1) is 0 Å². The SMILES string of the molecule is COc1ccc(Br)cc1CSc1n[nH]c(=O)n1C(C)C. The molecule has 0 saturated carbocycles. The van der Waals surface area contributed by atoms with E-state index in [2.05, 4.69) is 26.1 Å². The highest BCUT2D eigenvalue weighted by Crippen LogP contribution is 2.29. The second kappa shape index (κ2) is 6.49. The average Bonchev–Trinajstić information content (AvgIpc) is 2.77. The number of hydrogen-bond donors (Lipinski definition) is 1. The van der Waals surface area contributed by atoms with E-state index in [1.54, 1.807) is 11.7 Å². The molecule has 0 atom stereocenters. The topological polar surface area (TPSA) is 59.9 Å². The van der Waals surface area contributed by atoms with E-state index in [1.165, 1.54) is 11.8 Å². The van der Waals surface area contributed by atoms with Gasteiger partial charge in [0, 0.05) is 21.8 Å². The summed E-state index contributed by atoms with van der Waals surface area (Å²) in [5.74, 6) is 1.51. The van der Waals surface area contributed by atoms with E-state index in [1.807, 2.05) is 32.0 Å². The van der Waals surface area contributed by atoms with E-state index in [9.17, 15) is 4.79 Å². The summed E-state index contributed by atoms with van der Waals surface area (Å²) in [6.07, 6.45) is 0. The summed E-state index contributed by atoms with van der Waals surface area (Å²) in [6, 6.07) is 5.94. The molecule has 0 saturated heterocycles. The summed E-state index contributed by atoms with van der Waals surface area (Å²) in [6.45, 7) is 3.92. The third kappa shape index (κ3) is 3.27. The number of aromatic nitrogens is 3. The second-order valence-corrected chi connectivity index (χ2v) is 6.38. The van der Waals surface area contributed by atoms with Crippen LogP contribution in [0.4, 0.5) is 0 Å². The minimum Gasteiger partial charge on any atom is -0.496 e. The molecule has 20 heavy (non-hydrogen) atoms. The number of thioether (sulfide) groups is 1. The summed E-state index contributed by atoms with van der Waals surface area (Å²) in [7, 11) is 1.65. The van der Waals surface area contributed by atoms with Gasteiger partial charge in [0.05, 0.1) is 7.11 Å². The van der Waals surface area contributed by atoms with Crippen LogP contribution in [-0.2, 0) is 5.75 Å². The van der Waals surface area contributed by atoms with Crippen molar-refractivity contribution in [3.8, 4) is 5.75 Å². The van der Waals surface area contributed by atoms with Crippen LogP contribution in [0.3, 0.4) is 0 Å².